The van der Waals surface area contributed by atoms with Crippen LogP contribution in [0.2, 0.25) is 0 Å². The maximum Gasteiger partial charge on any atom is 0.100 e. The van der Waals surface area contributed by atoms with Crippen LogP contribution >= 0.6 is 0 Å². The summed E-state index contributed by atoms with van der Waals surface area (Å²) in [5.74, 6) is 0.486. The van der Waals surface area contributed by atoms with Crippen LogP contribution in [0.25, 0.3) is 0 Å². The van der Waals surface area contributed by atoms with Gasteiger partial charge in [-0.05, 0) is 26.3 Å². The largest absolute Gasteiger partial charge is 0.381 e. The summed E-state index contributed by atoms with van der Waals surface area (Å²) in [6.07, 6.45) is 7.64. The quantitative estimate of drug-likeness (QED) is 0.904. The zero-order valence-electron chi connectivity index (χ0n) is 11.8. The van der Waals surface area contributed by atoms with Crippen molar-refractivity contribution in [2.75, 3.05) is 20.3 Å². The first-order valence-electron chi connectivity index (χ1n) is 7.56. The molecule has 106 valence electrons. The lowest BCUT2D eigenvalue weighted by molar-refractivity contribution is 0.192. The SMILES string of the molecule is CNCc1nnn(C2CCCCC2)c1C1CCOC1. The Morgan fingerprint density at radius 1 is 1.26 bits per heavy atom. The van der Waals surface area contributed by atoms with Crippen LogP contribution in [-0.2, 0) is 11.3 Å². The molecule has 19 heavy (non-hydrogen) atoms. The van der Waals surface area contributed by atoms with Crippen LogP contribution in [0.15, 0.2) is 0 Å². The van der Waals surface area contributed by atoms with E-state index in [0.717, 1.165) is 31.9 Å². The normalized spacial score (nSPS) is 25.0. The van der Waals surface area contributed by atoms with Crippen LogP contribution in [0.5, 0.6) is 0 Å². The summed E-state index contributed by atoms with van der Waals surface area (Å²) in [7, 11) is 1.97. The first-order valence-corrected chi connectivity index (χ1v) is 7.56. The number of ether oxygens (including phenoxy) is 1. The van der Waals surface area contributed by atoms with Gasteiger partial charge in [0.1, 0.15) is 5.69 Å². The molecular weight excluding hydrogens is 240 g/mol. The lowest BCUT2D eigenvalue weighted by Gasteiger charge is -2.25. The molecule has 0 aromatic carbocycles. The molecule has 2 aliphatic rings. The second-order valence-corrected chi connectivity index (χ2v) is 5.75. The summed E-state index contributed by atoms with van der Waals surface area (Å²) in [5.41, 5.74) is 2.45. The van der Waals surface area contributed by atoms with Crippen molar-refractivity contribution in [2.45, 2.75) is 57.0 Å². The van der Waals surface area contributed by atoms with Crippen LogP contribution in [-0.4, -0.2) is 35.3 Å². The predicted molar refractivity (Wildman–Crippen MR) is 73.1 cm³/mol. The molecule has 1 atom stereocenters. The highest BCUT2D eigenvalue weighted by molar-refractivity contribution is 5.18. The Morgan fingerprint density at radius 3 is 2.79 bits per heavy atom. The van der Waals surface area contributed by atoms with E-state index >= 15 is 0 Å². The second-order valence-electron chi connectivity index (χ2n) is 5.75. The van der Waals surface area contributed by atoms with Gasteiger partial charge >= 0.3 is 0 Å². The fourth-order valence-electron chi connectivity index (χ4n) is 3.40. The van der Waals surface area contributed by atoms with Crippen molar-refractivity contribution in [1.29, 1.82) is 0 Å². The summed E-state index contributed by atoms with van der Waals surface area (Å²) >= 11 is 0. The van der Waals surface area contributed by atoms with E-state index in [1.807, 2.05) is 7.05 Å². The van der Waals surface area contributed by atoms with Crippen LogP contribution in [0, 0.1) is 0 Å². The minimum absolute atomic E-state index is 0.486. The Bertz CT molecular complexity index is 406. The Balaban J connectivity index is 1.88. The first-order chi connectivity index (χ1) is 9.40. The predicted octanol–water partition coefficient (Wildman–Crippen LogP) is 2.01. The summed E-state index contributed by atoms with van der Waals surface area (Å²) in [5, 5.41) is 12.1. The average molecular weight is 264 g/mol. The van der Waals surface area contributed by atoms with Crippen molar-refractivity contribution in [3.05, 3.63) is 11.4 Å². The van der Waals surface area contributed by atoms with Gasteiger partial charge in [0.2, 0.25) is 0 Å². The molecule has 1 aromatic heterocycles. The van der Waals surface area contributed by atoms with Gasteiger partial charge in [0.15, 0.2) is 0 Å². The number of hydrogen-bond acceptors (Lipinski definition) is 4. The van der Waals surface area contributed by atoms with Crippen molar-refractivity contribution < 1.29 is 4.74 Å². The molecule has 0 radical (unpaired) electrons. The minimum atomic E-state index is 0.486. The van der Waals surface area contributed by atoms with Crippen LogP contribution in [0.4, 0.5) is 0 Å². The molecule has 5 heteroatoms. The number of aromatic nitrogens is 3. The molecule has 1 aliphatic carbocycles. The summed E-state index contributed by atoms with van der Waals surface area (Å²) in [6, 6.07) is 0.558. The Morgan fingerprint density at radius 2 is 2.11 bits per heavy atom. The van der Waals surface area contributed by atoms with Gasteiger partial charge in [0, 0.05) is 19.1 Å². The number of nitrogens with zero attached hydrogens (tertiary/aromatic N) is 3. The molecule has 0 amide bonds. The maximum absolute atomic E-state index is 5.57. The summed E-state index contributed by atoms with van der Waals surface area (Å²) in [4.78, 5) is 0. The van der Waals surface area contributed by atoms with Crippen molar-refractivity contribution in [1.82, 2.24) is 20.3 Å². The monoisotopic (exact) mass is 264 g/mol. The third-order valence-corrected chi connectivity index (χ3v) is 4.39. The molecule has 2 fully saturated rings. The summed E-state index contributed by atoms with van der Waals surface area (Å²) in [6.45, 7) is 2.51. The number of hydrogen-bond donors (Lipinski definition) is 1. The van der Waals surface area contributed by atoms with E-state index in [1.54, 1.807) is 0 Å². The fraction of sp³-hybridized carbons (Fsp3) is 0.857. The standard InChI is InChI=1S/C14H24N4O/c1-15-9-13-14(11-7-8-19-10-11)18(17-16-13)12-5-3-2-4-6-12/h11-12,15H,2-10H2,1H3. The van der Waals surface area contributed by atoms with E-state index in [1.165, 1.54) is 37.8 Å². The first kappa shape index (κ1) is 13.1. The van der Waals surface area contributed by atoms with Gasteiger partial charge in [-0.1, -0.05) is 24.5 Å². The van der Waals surface area contributed by atoms with Gasteiger partial charge < -0.3 is 10.1 Å². The van der Waals surface area contributed by atoms with Crippen molar-refractivity contribution >= 4 is 0 Å². The van der Waals surface area contributed by atoms with Gasteiger partial charge in [-0.25, -0.2) is 4.68 Å². The topological polar surface area (TPSA) is 52.0 Å². The zero-order chi connectivity index (χ0) is 13.1. The molecule has 1 aliphatic heterocycles. The summed E-state index contributed by atoms with van der Waals surface area (Å²) < 4.78 is 7.79. The van der Waals surface area contributed by atoms with E-state index in [-0.39, 0.29) is 0 Å². The molecule has 1 saturated heterocycles. The molecule has 0 bridgehead atoms. The zero-order valence-corrected chi connectivity index (χ0v) is 11.8. The van der Waals surface area contributed by atoms with Crippen LogP contribution < -0.4 is 5.32 Å². The molecule has 1 N–H and O–H groups in total. The molecule has 1 aromatic rings. The van der Waals surface area contributed by atoms with E-state index in [2.05, 4.69) is 20.3 Å². The fourth-order valence-corrected chi connectivity index (χ4v) is 3.40. The lowest BCUT2D eigenvalue weighted by atomic mass is 9.94. The van der Waals surface area contributed by atoms with Gasteiger partial charge in [-0.15, -0.1) is 5.10 Å². The molecule has 1 saturated carbocycles. The van der Waals surface area contributed by atoms with Gasteiger partial charge in [-0.3, -0.25) is 0 Å². The minimum Gasteiger partial charge on any atom is -0.381 e. The number of nitrogens with one attached hydrogen (secondary N) is 1. The van der Waals surface area contributed by atoms with E-state index in [4.69, 9.17) is 4.74 Å². The molecular formula is C14H24N4O. The van der Waals surface area contributed by atoms with Crippen molar-refractivity contribution in [3.8, 4) is 0 Å². The molecule has 0 spiro atoms. The molecule has 5 nitrogen and oxygen atoms in total. The smallest absolute Gasteiger partial charge is 0.100 e. The van der Waals surface area contributed by atoms with E-state index in [0.29, 0.717) is 12.0 Å². The molecule has 3 rings (SSSR count). The van der Waals surface area contributed by atoms with E-state index in [9.17, 15) is 0 Å². The Hall–Kier alpha value is -0.940. The molecule has 1 unspecified atom stereocenters. The van der Waals surface area contributed by atoms with E-state index < -0.39 is 0 Å². The highest BCUT2D eigenvalue weighted by Gasteiger charge is 2.29. The van der Waals surface area contributed by atoms with Crippen LogP contribution in [0.1, 0.15) is 61.9 Å². The number of rotatable bonds is 4. The van der Waals surface area contributed by atoms with Gasteiger partial charge in [-0.2, -0.15) is 0 Å². The second kappa shape index (κ2) is 6.01. The highest BCUT2D eigenvalue weighted by Crippen LogP contribution is 2.34. The highest BCUT2D eigenvalue weighted by atomic mass is 16.5. The Labute approximate surface area is 114 Å². The Kier molecular flexibility index (Phi) is 4.13. The maximum atomic E-state index is 5.57. The van der Waals surface area contributed by atoms with Crippen molar-refractivity contribution in [2.24, 2.45) is 0 Å². The van der Waals surface area contributed by atoms with Crippen molar-refractivity contribution in [3.63, 3.8) is 0 Å². The van der Waals surface area contributed by atoms with Gasteiger partial charge in [0.05, 0.1) is 18.3 Å². The van der Waals surface area contributed by atoms with Gasteiger partial charge in [0.25, 0.3) is 0 Å². The average Bonchev–Trinajstić information content (AvgIpc) is 3.08. The third kappa shape index (κ3) is 2.67. The third-order valence-electron chi connectivity index (χ3n) is 4.39. The van der Waals surface area contributed by atoms with Crippen LogP contribution in [0.3, 0.4) is 0 Å². The lowest BCUT2D eigenvalue weighted by Crippen LogP contribution is -2.20. The molecule has 2 heterocycles.